The molecular formula is C12H23N3. The van der Waals surface area contributed by atoms with Gasteiger partial charge < -0.3 is 5.73 Å². The fraction of sp³-hybridized carbons (Fsp3) is 0.750. The lowest BCUT2D eigenvalue weighted by atomic mass is 10.0. The van der Waals surface area contributed by atoms with Gasteiger partial charge in [-0.3, -0.25) is 4.68 Å². The van der Waals surface area contributed by atoms with Crippen LogP contribution in [0.1, 0.15) is 50.2 Å². The van der Waals surface area contributed by atoms with Crippen molar-refractivity contribution >= 4 is 0 Å². The van der Waals surface area contributed by atoms with Crippen LogP contribution in [0.3, 0.4) is 0 Å². The summed E-state index contributed by atoms with van der Waals surface area (Å²) >= 11 is 0. The Balaban J connectivity index is 2.97. The first-order valence-electron chi connectivity index (χ1n) is 5.77. The van der Waals surface area contributed by atoms with E-state index in [1.807, 2.05) is 0 Å². The predicted molar refractivity (Wildman–Crippen MR) is 64.1 cm³/mol. The first-order valence-corrected chi connectivity index (χ1v) is 5.77. The van der Waals surface area contributed by atoms with E-state index in [4.69, 9.17) is 5.73 Å². The van der Waals surface area contributed by atoms with E-state index in [2.05, 4.69) is 44.4 Å². The lowest BCUT2D eigenvalue weighted by Gasteiger charge is -2.11. The Hall–Kier alpha value is -0.830. The SMILES string of the molecule is CCC(N)Cc1c(C)nn(C(C)C)c1C. The van der Waals surface area contributed by atoms with Crippen molar-refractivity contribution in [3.8, 4) is 0 Å². The number of aromatic nitrogens is 2. The Morgan fingerprint density at radius 1 is 1.33 bits per heavy atom. The van der Waals surface area contributed by atoms with Crippen LogP contribution >= 0.6 is 0 Å². The van der Waals surface area contributed by atoms with Crippen molar-refractivity contribution in [1.82, 2.24) is 9.78 Å². The first kappa shape index (κ1) is 12.2. The molecule has 3 nitrogen and oxygen atoms in total. The highest BCUT2D eigenvalue weighted by atomic mass is 15.3. The number of rotatable bonds is 4. The average molecular weight is 209 g/mol. The van der Waals surface area contributed by atoms with Gasteiger partial charge in [-0.2, -0.15) is 5.10 Å². The van der Waals surface area contributed by atoms with Crippen LogP contribution in [0.4, 0.5) is 0 Å². The molecule has 0 aliphatic heterocycles. The number of nitrogens with zero attached hydrogens (tertiary/aromatic N) is 2. The molecule has 0 aromatic carbocycles. The topological polar surface area (TPSA) is 43.8 Å². The summed E-state index contributed by atoms with van der Waals surface area (Å²) in [5, 5.41) is 4.56. The third-order valence-electron chi connectivity index (χ3n) is 2.95. The molecule has 0 aliphatic rings. The van der Waals surface area contributed by atoms with Gasteiger partial charge in [-0.05, 0) is 46.1 Å². The summed E-state index contributed by atoms with van der Waals surface area (Å²) < 4.78 is 2.09. The lowest BCUT2D eigenvalue weighted by Crippen LogP contribution is -2.22. The summed E-state index contributed by atoms with van der Waals surface area (Å²) in [5.41, 5.74) is 9.72. The van der Waals surface area contributed by atoms with Gasteiger partial charge in [0.1, 0.15) is 0 Å². The maximum absolute atomic E-state index is 5.99. The second kappa shape index (κ2) is 4.79. The molecule has 1 atom stereocenters. The van der Waals surface area contributed by atoms with Gasteiger partial charge in [-0.15, -0.1) is 0 Å². The van der Waals surface area contributed by atoms with Gasteiger partial charge in [0.2, 0.25) is 0 Å². The largest absolute Gasteiger partial charge is 0.327 e. The third-order valence-corrected chi connectivity index (χ3v) is 2.95. The van der Waals surface area contributed by atoms with Crippen LogP contribution in [0.2, 0.25) is 0 Å². The lowest BCUT2D eigenvalue weighted by molar-refractivity contribution is 0.515. The Kier molecular flexibility index (Phi) is 3.91. The van der Waals surface area contributed by atoms with Gasteiger partial charge in [0.15, 0.2) is 0 Å². The summed E-state index contributed by atoms with van der Waals surface area (Å²) in [6, 6.07) is 0.683. The fourth-order valence-corrected chi connectivity index (χ4v) is 1.90. The smallest absolute Gasteiger partial charge is 0.0629 e. The minimum atomic E-state index is 0.257. The molecule has 0 bridgehead atoms. The summed E-state index contributed by atoms with van der Waals surface area (Å²) in [5.74, 6) is 0. The number of hydrogen-bond acceptors (Lipinski definition) is 2. The normalized spacial score (nSPS) is 13.5. The average Bonchev–Trinajstić information content (AvgIpc) is 2.45. The van der Waals surface area contributed by atoms with E-state index in [1.54, 1.807) is 0 Å². The molecule has 0 saturated heterocycles. The third kappa shape index (κ3) is 2.59. The maximum Gasteiger partial charge on any atom is 0.0629 e. The molecule has 0 aliphatic carbocycles. The van der Waals surface area contributed by atoms with E-state index in [1.165, 1.54) is 11.3 Å². The molecule has 1 rings (SSSR count). The van der Waals surface area contributed by atoms with E-state index < -0.39 is 0 Å². The van der Waals surface area contributed by atoms with Crippen molar-refractivity contribution in [1.29, 1.82) is 0 Å². The second-order valence-electron chi connectivity index (χ2n) is 4.56. The molecule has 15 heavy (non-hydrogen) atoms. The van der Waals surface area contributed by atoms with Crippen LogP contribution in [0.15, 0.2) is 0 Å². The van der Waals surface area contributed by atoms with Crippen molar-refractivity contribution in [2.75, 3.05) is 0 Å². The van der Waals surface area contributed by atoms with E-state index in [0.29, 0.717) is 6.04 Å². The van der Waals surface area contributed by atoms with Crippen LogP contribution < -0.4 is 5.73 Å². The van der Waals surface area contributed by atoms with E-state index in [-0.39, 0.29) is 6.04 Å². The van der Waals surface area contributed by atoms with Crippen molar-refractivity contribution in [2.24, 2.45) is 5.73 Å². The molecule has 0 spiro atoms. The van der Waals surface area contributed by atoms with Crippen LogP contribution in [-0.4, -0.2) is 15.8 Å². The molecule has 0 amide bonds. The molecule has 0 saturated carbocycles. The van der Waals surface area contributed by atoms with Gasteiger partial charge in [0.05, 0.1) is 5.69 Å². The summed E-state index contributed by atoms with van der Waals surface area (Å²) in [4.78, 5) is 0. The highest BCUT2D eigenvalue weighted by Gasteiger charge is 2.14. The van der Waals surface area contributed by atoms with Gasteiger partial charge in [-0.25, -0.2) is 0 Å². The van der Waals surface area contributed by atoms with Crippen molar-refractivity contribution in [2.45, 2.75) is 59.5 Å². The maximum atomic E-state index is 5.99. The molecular weight excluding hydrogens is 186 g/mol. The molecule has 1 unspecified atom stereocenters. The number of nitrogens with two attached hydrogens (primary N) is 1. The van der Waals surface area contributed by atoms with Gasteiger partial charge in [0, 0.05) is 17.8 Å². The zero-order chi connectivity index (χ0) is 11.6. The highest BCUT2D eigenvalue weighted by Crippen LogP contribution is 2.18. The molecule has 1 heterocycles. The minimum Gasteiger partial charge on any atom is -0.327 e. The quantitative estimate of drug-likeness (QED) is 0.827. The van der Waals surface area contributed by atoms with Crippen LogP contribution in [0.25, 0.3) is 0 Å². The van der Waals surface area contributed by atoms with E-state index in [9.17, 15) is 0 Å². The summed E-state index contributed by atoms with van der Waals surface area (Å²) in [6.07, 6.45) is 1.96. The zero-order valence-electron chi connectivity index (χ0n) is 10.5. The highest BCUT2D eigenvalue weighted by molar-refractivity contribution is 5.25. The number of hydrogen-bond donors (Lipinski definition) is 1. The van der Waals surface area contributed by atoms with Crippen molar-refractivity contribution in [3.05, 3.63) is 17.0 Å². The molecule has 0 radical (unpaired) electrons. The molecule has 2 N–H and O–H groups in total. The first-order chi connectivity index (χ1) is 6.97. The zero-order valence-corrected chi connectivity index (χ0v) is 10.5. The molecule has 86 valence electrons. The van der Waals surface area contributed by atoms with Gasteiger partial charge in [-0.1, -0.05) is 6.92 Å². The Labute approximate surface area is 92.7 Å². The van der Waals surface area contributed by atoms with Crippen molar-refractivity contribution in [3.63, 3.8) is 0 Å². The standard InChI is InChI=1S/C12H23N3/c1-6-11(13)7-12-9(4)14-15(8(2)3)10(12)5/h8,11H,6-7,13H2,1-5H3. The second-order valence-corrected chi connectivity index (χ2v) is 4.56. The van der Waals surface area contributed by atoms with Crippen LogP contribution in [0.5, 0.6) is 0 Å². The monoisotopic (exact) mass is 209 g/mol. The fourth-order valence-electron chi connectivity index (χ4n) is 1.90. The summed E-state index contributed by atoms with van der Waals surface area (Å²) in [6.45, 7) is 10.6. The van der Waals surface area contributed by atoms with Gasteiger partial charge >= 0.3 is 0 Å². The minimum absolute atomic E-state index is 0.257. The molecule has 1 aromatic heterocycles. The Morgan fingerprint density at radius 2 is 1.93 bits per heavy atom. The molecule has 0 fully saturated rings. The molecule has 1 aromatic rings. The van der Waals surface area contributed by atoms with Gasteiger partial charge in [0.25, 0.3) is 0 Å². The molecule has 3 heteroatoms. The predicted octanol–water partition coefficient (Wildman–Crippen LogP) is 2.36. The number of aryl methyl sites for hydroxylation is 1. The Morgan fingerprint density at radius 3 is 2.33 bits per heavy atom. The van der Waals surface area contributed by atoms with Crippen LogP contribution in [0, 0.1) is 13.8 Å². The van der Waals surface area contributed by atoms with Crippen LogP contribution in [-0.2, 0) is 6.42 Å². The van der Waals surface area contributed by atoms with Crippen molar-refractivity contribution < 1.29 is 0 Å². The Bertz CT molecular complexity index is 326. The van der Waals surface area contributed by atoms with E-state index >= 15 is 0 Å². The summed E-state index contributed by atoms with van der Waals surface area (Å²) in [7, 11) is 0. The van der Waals surface area contributed by atoms with E-state index in [0.717, 1.165) is 18.5 Å².